The number of piperazine rings is 1. The van der Waals surface area contributed by atoms with Crippen molar-refractivity contribution in [1.29, 1.82) is 0 Å². The maximum atomic E-state index is 9.85. The molecule has 0 amide bonds. The summed E-state index contributed by atoms with van der Waals surface area (Å²) in [6.07, 6.45) is 2.02. The van der Waals surface area contributed by atoms with Gasteiger partial charge in [-0.3, -0.25) is 0 Å². The standard InChI is InChI=1S/C15H22N2O/c1-12(2)10-13-11-14(4-5-15(13)18)17-8-6-16(3)7-9-17/h4-5,10-11,18H,6-9H2,1-3H3. The Hall–Kier alpha value is -1.48. The van der Waals surface area contributed by atoms with E-state index in [4.69, 9.17) is 0 Å². The predicted octanol–water partition coefficient (Wildman–Crippen LogP) is 2.57. The molecule has 1 heterocycles. The van der Waals surface area contributed by atoms with E-state index in [2.05, 4.69) is 22.9 Å². The number of benzene rings is 1. The molecule has 0 unspecified atom stereocenters. The van der Waals surface area contributed by atoms with E-state index in [-0.39, 0.29) is 0 Å². The number of hydrogen-bond donors (Lipinski definition) is 1. The lowest BCUT2D eigenvalue weighted by atomic mass is 10.1. The summed E-state index contributed by atoms with van der Waals surface area (Å²) in [6, 6.07) is 5.87. The minimum absolute atomic E-state index is 0.356. The van der Waals surface area contributed by atoms with Crippen LogP contribution in [0.2, 0.25) is 0 Å². The molecule has 98 valence electrons. The number of nitrogens with zero attached hydrogens (tertiary/aromatic N) is 2. The van der Waals surface area contributed by atoms with Gasteiger partial charge in [-0.25, -0.2) is 0 Å². The zero-order valence-corrected chi connectivity index (χ0v) is 11.5. The fourth-order valence-corrected chi connectivity index (χ4v) is 2.23. The third-order valence-electron chi connectivity index (χ3n) is 3.32. The molecule has 0 saturated carbocycles. The summed E-state index contributed by atoms with van der Waals surface area (Å²) in [4.78, 5) is 4.72. The van der Waals surface area contributed by atoms with Crippen molar-refractivity contribution in [1.82, 2.24) is 4.90 Å². The summed E-state index contributed by atoms with van der Waals surface area (Å²) in [5.41, 5.74) is 3.31. The fourth-order valence-electron chi connectivity index (χ4n) is 2.23. The average molecular weight is 246 g/mol. The van der Waals surface area contributed by atoms with E-state index in [1.54, 1.807) is 6.07 Å². The van der Waals surface area contributed by atoms with Crippen molar-refractivity contribution in [2.45, 2.75) is 13.8 Å². The smallest absolute Gasteiger partial charge is 0.122 e. The molecule has 3 heteroatoms. The quantitative estimate of drug-likeness (QED) is 0.869. The van der Waals surface area contributed by atoms with Crippen LogP contribution >= 0.6 is 0 Å². The second-order valence-electron chi connectivity index (χ2n) is 5.26. The first-order valence-corrected chi connectivity index (χ1v) is 6.47. The molecular formula is C15H22N2O. The number of hydrogen-bond acceptors (Lipinski definition) is 3. The molecule has 0 aliphatic carbocycles. The third-order valence-corrected chi connectivity index (χ3v) is 3.32. The highest BCUT2D eigenvalue weighted by Gasteiger charge is 2.14. The molecule has 0 spiro atoms. The summed E-state index contributed by atoms with van der Waals surface area (Å²) in [5.74, 6) is 0.356. The Morgan fingerprint density at radius 2 is 1.83 bits per heavy atom. The highest BCUT2D eigenvalue weighted by Crippen LogP contribution is 2.26. The van der Waals surface area contributed by atoms with Crippen molar-refractivity contribution in [3.05, 3.63) is 29.3 Å². The molecule has 2 rings (SSSR count). The van der Waals surface area contributed by atoms with Gasteiger partial charge in [-0.15, -0.1) is 0 Å². The van der Waals surface area contributed by atoms with Crippen LogP contribution in [-0.4, -0.2) is 43.2 Å². The normalized spacial score (nSPS) is 16.7. The molecule has 1 N–H and O–H groups in total. The van der Waals surface area contributed by atoms with Crippen LogP contribution in [0, 0.1) is 0 Å². The van der Waals surface area contributed by atoms with Crippen LogP contribution in [0.3, 0.4) is 0 Å². The van der Waals surface area contributed by atoms with Gasteiger partial charge in [0.05, 0.1) is 0 Å². The van der Waals surface area contributed by atoms with Gasteiger partial charge < -0.3 is 14.9 Å². The Labute approximate surface area is 109 Å². The number of phenolic OH excluding ortho intramolecular Hbond substituents is 1. The second-order valence-corrected chi connectivity index (χ2v) is 5.26. The first kappa shape index (κ1) is 13.0. The van der Waals surface area contributed by atoms with Gasteiger partial charge in [0.15, 0.2) is 0 Å². The minimum atomic E-state index is 0.356. The summed E-state index contributed by atoms with van der Waals surface area (Å²) in [7, 11) is 2.16. The number of allylic oxidation sites excluding steroid dienone is 1. The van der Waals surface area contributed by atoms with Crippen LogP contribution in [0.15, 0.2) is 23.8 Å². The lowest BCUT2D eigenvalue weighted by molar-refractivity contribution is 0.313. The highest BCUT2D eigenvalue weighted by atomic mass is 16.3. The molecular weight excluding hydrogens is 224 g/mol. The van der Waals surface area contributed by atoms with Gasteiger partial charge in [-0.05, 0) is 39.1 Å². The first-order valence-electron chi connectivity index (χ1n) is 6.47. The topological polar surface area (TPSA) is 26.7 Å². The Kier molecular flexibility index (Phi) is 3.92. The number of anilines is 1. The van der Waals surface area contributed by atoms with Crippen molar-refractivity contribution < 1.29 is 5.11 Å². The zero-order chi connectivity index (χ0) is 13.1. The molecule has 0 bridgehead atoms. The van der Waals surface area contributed by atoms with Gasteiger partial charge in [-0.2, -0.15) is 0 Å². The summed E-state index contributed by atoms with van der Waals surface area (Å²) in [5, 5.41) is 9.85. The largest absolute Gasteiger partial charge is 0.507 e. The molecule has 0 atom stereocenters. The third kappa shape index (κ3) is 3.05. The predicted molar refractivity (Wildman–Crippen MR) is 77.1 cm³/mol. The second kappa shape index (κ2) is 5.44. The molecule has 0 aromatic heterocycles. The van der Waals surface area contributed by atoms with Crippen LogP contribution in [0.25, 0.3) is 6.08 Å². The van der Waals surface area contributed by atoms with E-state index in [1.807, 2.05) is 26.0 Å². The van der Waals surface area contributed by atoms with Gasteiger partial charge in [0, 0.05) is 37.4 Å². The van der Waals surface area contributed by atoms with Crippen molar-refractivity contribution in [2.75, 3.05) is 38.1 Å². The Bertz CT molecular complexity index is 442. The van der Waals surface area contributed by atoms with Crippen molar-refractivity contribution in [2.24, 2.45) is 0 Å². The SMILES string of the molecule is CC(C)=Cc1cc(N2CCN(C)CC2)ccc1O. The van der Waals surface area contributed by atoms with Gasteiger partial charge in [0.1, 0.15) is 5.75 Å². The van der Waals surface area contributed by atoms with E-state index in [0.717, 1.165) is 31.7 Å². The average Bonchev–Trinajstić information content (AvgIpc) is 2.32. The Balaban J connectivity index is 2.21. The van der Waals surface area contributed by atoms with Crippen LogP contribution in [0.1, 0.15) is 19.4 Å². The first-order chi connectivity index (χ1) is 8.56. The van der Waals surface area contributed by atoms with Crippen LogP contribution in [0.5, 0.6) is 5.75 Å². The summed E-state index contributed by atoms with van der Waals surface area (Å²) >= 11 is 0. The monoisotopic (exact) mass is 246 g/mol. The van der Waals surface area contributed by atoms with Gasteiger partial charge >= 0.3 is 0 Å². The Morgan fingerprint density at radius 1 is 1.17 bits per heavy atom. The fraction of sp³-hybridized carbons (Fsp3) is 0.467. The number of likely N-dealkylation sites (N-methyl/N-ethyl adjacent to an activating group) is 1. The van der Waals surface area contributed by atoms with Gasteiger partial charge in [0.2, 0.25) is 0 Å². The molecule has 1 aliphatic heterocycles. The molecule has 3 nitrogen and oxygen atoms in total. The van der Waals surface area contributed by atoms with E-state index in [9.17, 15) is 5.11 Å². The minimum Gasteiger partial charge on any atom is -0.507 e. The zero-order valence-electron chi connectivity index (χ0n) is 11.5. The van der Waals surface area contributed by atoms with E-state index in [0.29, 0.717) is 5.75 Å². The molecule has 1 saturated heterocycles. The summed E-state index contributed by atoms with van der Waals surface area (Å²) in [6.45, 7) is 8.38. The number of phenols is 1. The summed E-state index contributed by atoms with van der Waals surface area (Å²) < 4.78 is 0. The van der Waals surface area contributed by atoms with Gasteiger partial charge in [-0.1, -0.05) is 11.6 Å². The molecule has 0 radical (unpaired) electrons. The molecule has 18 heavy (non-hydrogen) atoms. The van der Waals surface area contributed by atoms with E-state index < -0.39 is 0 Å². The molecule has 1 aromatic rings. The van der Waals surface area contributed by atoms with E-state index >= 15 is 0 Å². The lowest BCUT2D eigenvalue weighted by Crippen LogP contribution is -2.44. The number of aromatic hydroxyl groups is 1. The van der Waals surface area contributed by atoms with Crippen molar-refractivity contribution >= 4 is 11.8 Å². The maximum Gasteiger partial charge on any atom is 0.122 e. The Morgan fingerprint density at radius 3 is 2.44 bits per heavy atom. The van der Waals surface area contributed by atoms with Crippen LogP contribution in [0.4, 0.5) is 5.69 Å². The number of rotatable bonds is 2. The van der Waals surface area contributed by atoms with Crippen molar-refractivity contribution in [3.63, 3.8) is 0 Å². The highest BCUT2D eigenvalue weighted by molar-refractivity contribution is 5.65. The molecule has 1 fully saturated rings. The van der Waals surface area contributed by atoms with Crippen molar-refractivity contribution in [3.8, 4) is 5.75 Å². The van der Waals surface area contributed by atoms with Gasteiger partial charge in [0.25, 0.3) is 0 Å². The molecule has 1 aliphatic rings. The molecule has 1 aromatic carbocycles. The maximum absolute atomic E-state index is 9.85. The van der Waals surface area contributed by atoms with Crippen LogP contribution in [-0.2, 0) is 0 Å². The lowest BCUT2D eigenvalue weighted by Gasteiger charge is -2.34. The van der Waals surface area contributed by atoms with Crippen LogP contribution < -0.4 is 4.90 Å². The van der Waals surface area contributed by atoms with E-state index in [1.165, 1.54) is 11.3 Å².